The van der Waals surface area contributed by atoms with Crippen molar-refractivity contribution in [3.63, 3.8) is 0 Å². The maximum absolute atomic E-state index is 12.6. The first-order valence-electron chi connectivity index (χ1n) is 9.04. The molecule has 0 aromatic carbocycles. The van der Waals surface area contributed by atoms with Gasteiger partial charge >= 0.3 is 6.18 Å². The van der Waals surface area contributed by atoms with Crippen LogP contribution in [0.4, 0.5) is 13.2 Å². The van der Waals surface area contributed by atoms with Gasteiger partial charge in [0, 0.05) is 38.4 Å². The fourth-order valence-corrected chi connectivity index (χ4v) is 3.70. The Hall–Kier alpha value is -1.17. The van der Waals surface area contributed by atoms with E-state index in [1.807, 2.05) is 0 Å². The molecule has 3 nitrogen and oxygen atoms in total. The van der Waals surface area contributed by atoms with E-state index in [4.69, 9.17) is 0 Å². The van der Waals surface area contributed by atoms with Crippen molar-refractivity contribution >= 4 is 0 Å². The highest BCUT2D eigenvalue weighted by molar-refractivity contribution is 5.16. The molecular weight excluding hydrogens is 315 g/mol. The Kier molecular flexibility index (Phi) is 6.61. The zero-order valence-electron chi connectivity index (χ0n) is 15.1. The number of allylic oxidation sites excluding steroid dienone is 1. The molecule has 0 aromatic heterocycles. The van der Waals surface area contributed by atoms with E-state index >= 15 is 0 Å². The fourth-order valence-electron chi connectivity index (χ4n) is 3.70. The van der Waals surface area contributed by atoms with Crippen LogP contribution in [0.1, 0.15) is 46.5 Å². The Labute approximate surface area is 143 Å². The number of piperidine rings is 1. The number of hydrogen-bond acceptors (Lipinski definition) is 3. The molecule has 2 rings (SSSR count). The summed E-state index contributed by atoms with van der Waals surface area (Å²) in [7, 11) is 0. The van der Waals surface area contributed by atoms with Crippen molar-refractivity contribution in [1.82, 2.24) is 14.7 Å². The fraction of sp³-hybridized carbons (Fsp3) is 0.778. The van der Waals surface area contributed by atoms with Crippen molar-refractivity contribution in [2.45, 2.75) is 58.7 Å². The van der Waals surface area contributed by atoms with E-state index in [2.05, 4.69) is 42.8 Å². The Balaban J connectivity index is 2.06. The standard InChI is InChI=1S/C18H30F3N3/c1-4-15(3)17(23-10-6-7-11-23)24(5-2)16-8-12-22(13-9-16)14-18(19,20)21/h6,10,16H,4-5,7-9,11-14H2,1-3H3/b17-15+. The maximum Gasteiger partial charge on any atom is 0.401 e. The topological polar surface area (TPSA) is 9.72 Å². The lowest BCUT2D eigenvalue weighted by atomic mass is 10.0. The van der Waals surface area contributed by atoms with Crippen LogP contribution in [-0.4, -0.2) is 59.6 Å². The summed E-state index contributed by atoms with van der Waals surface area (Å²) in [6.45, 7) is 8.63. The first kappa shape index (κ1) is 19.2. The molecule has 1 fully saturated rings. The van der Waals surface area contributed by atoms with Gasteiger partial charge in [0.25, 0.3) is 0 Å². The van der Waals surface area contributed by atoms with Crippen molar-refractivity contribution in [2.24, 2.45) is 0 Å². The van der Waals surface area contributed by atoms with Gasteiger partial charge in [0.2, 0.25) is 0 Å². The smallest absolute Gasteiger partial charge is 0.355 e. The van der Waals surface area contributed by atoms with E-state index in [-0.39, 0.29) is 0 Å². The largest absolute Gasteiger partial charge is 0.401 e. The van der Waals surface area contributed by atoms with Crippen LogP contribution in [0.3, 0.4) is 0 Å². The normalized spacial score (nSPS) is 21.3. The van der Waals surface area contributed by atoms with Crippen LogP contribution in [0.2, 0.25) is 0 Å². The summed E-state index contributed by atoms with van der Waals surface area (Å²) in [6, 6.07) is 0.324. The molecule has 0 spiro atoms. The molecule has 0 unspecified atom stereocenters. The average Bonchev–Trinajstić information content (AvgIpc) is 3.05. The molecule has 0 N–H and O–H groups in total. The second kappa shape index (κ2) is 8.28. The van der Waals surface area contributed by atoms with Gasteiger partial charge in [-0.2, -0.15) is 13.2 Å². The molecule has 0 aliphatic carbocycles. The molecule has 0 bridgehead atoms. The number of hydrogen-bond donors (Lipinski definition) is 0. The third kappa shape index (κ3) is 4.91. The third-order valence-corrected chi connectivity index (χ3v) is 5.02. The van der Waals surface area contributed by atoms with E-state index in [1.54, 1.807) is 0 Å². The third-order valence-electron chi connectivity index (χ3n) is 5.02. The summed E-state index contributed by atoms with van der Waals surface area (Å²) in [4.78, 5) is 6.26. The molecule has 0 aromatic rings. The molecule has 0 radical (unpaired) electrons. The Bertz CT molecular complexity index is 463. The maximum atomic E-state index is 12.6. The van der Waals surface area contributed by atoms with Crippen molar-refractivity contribution in [3.05, 3.63) is 23.7 Å². The molecule has 6 heteroatoms. The van der Waals surface area contributed by atoms with Crippen LogP contribution >= 0.6 is 0 Å². The zero-order chi connectivity index (χ0) is 17.7. The molecule has 0 saturated carbocycles. The van der Waals surface area contributed by atoms with Gasteiger partial charge in [0.05, 0.1) is 6.54 Å². The van der Waals surface area contributed by atoms with Gasteiger partial charge < -0.3 is 9.80 Å². The van der Waals surface area contributed by atoms with Gasteiger partial charge in [-0.05, 0) is 45.1 Å². The first-order valence-corrected chi connectivity index (χ1v) is 9.04. The Morgan fingerprint density at radius 3 is 2.29 bits per heavy atom. The number of likely N-dealkylation sites (tertiary alicyclic amines) is 1. The number of alkyl halides is 3. The quantitative estimate of drug-likeness (QED) is 0.714. The average molecular weight is 345 g/mol. The summed E-state index contributed by atoms with van der Waals surface area (Å²) in [6.07, 6.45) is 3.87. The van der Waals surface area contributed by atoms with Crippen LogP contribution in [0, 0.1) is 0 Å². The van der Waals surface area contributed by atoms with E-state index < -0.39 is 12.7 Å². The van der Waals surface area contributed by atoms with E-state index in [9.17, 15) is 13.2 Å². The molecule has 2 aliphatic heterocycles. The molecular formula is C18H30F3N3. The van der Waals surface area contributed by atoms with Crippen molar-refractivity contribution in [2.75, 3.05) is 32.7 Å². The molecule has 2 heterocycles. The SMILES string of the molecule is CC/C(C)=C(\N1C=CCC1)N(CC)C1CCN(CC(F)(F)F)CC1. The minimum atomic E-state index is -4.10. The van der Waals surface area contributed by atoms with E-state index in [0.717, 1.165) is 38.8 Å². The predicted molar refractivity (Wildman–Crippen MR) is 91.4 cm³/mol. The van der Waals surface area contributed by atoms with Gasteiger partial charge in [-0.1, -0.05) is 13.0 Å². The van der Waals surface area contributed by atoms with Crippen molar-refractivity contribution in [3.8, 4) is 0 Å². The summed E-state index contributed by atoms with van der Waals surface area (Å²) in [5.74, 6) is 1.27. The van der Waals surface area contributed by atoms with E-state index in [0.29, 0.717) is 19.1 Å². The van der Waals surface area contributed by atoms with Crippen LogP contribution in [0.5, 0.6) is 0 Å². The lowest BCUT2D eigenvalue weighted by Crippen LogP contribution is -2.48. The molecule has 2 aliphatic rings. The number of halogens is 3. The minimum absolute atomic E-state index is 0.324. The zero-order valence-corrected chi connectivity index (χ0v) is 15.1. The lowest BCUT2D eigenvalue weighted by molar-refractivity contribution is -0.148. The Morgan fingerprint density at radius 1 is 1.17 bits per heavy atom. The molecule has 1 saturated heterocycles. The van der Waals surface area contributed by atoms with Crippen LogP contribution in [0.15, 0.2) is 23.7 Å². The van der Waals surface area contributed by atoms with Gasteiger partial charge in [0.1, 0.15) is 5.82 Å². The highest BCUT2D eigenvalue weighted by Crippen LogP contribution is 2.28. The number of nitrogens with zero attached hydrogens (tertiary/aromatic N) is 3. The summed E-state index contributed by atoms with van der Waals surface area (Å²) in [5.41, 5.74) is 1.35. The van der Waals surface area contributed by atoms with E-state index in [1.165, 1.54) is 16.3 Å². The predicted octanol–water partition coefficient (Wildman–Crippen LogP) is 4.20. The minimum Gasteiger partial charge on any atom is -0.355 e. The summed E-state index contributed by atoms with van der Waals surface area (Å²) < 4.78 is 37.7. The monoisotopic (exact) mass is 345 g/mol. The molecule has 0 atom stereocenters. The second-order valence-corrected chi connectivity index (χ2v) is 6.73. The van der Waals surface area contributed by atoms with Crippen molar-refractivity contribution < 1.29 is 13.2 Å². The van der Waals surface area contributed by atoms with Gasteiger partial charge in [-0.25, -0.2) is 0 Å². The van der Waals surface area contributed by atoms with Crippen LogP contribution in [0.25, 0.3) is 0 Å². The summed E-state index contributed by atoms with van der Waals surface area (Å²) in [5, 5.41) is 0. The molecule has 0 amide bonds. The second-order valence-electron chi connectivity index (χ2n) is 6.73. The first-order chi connectivity index (χ1) is 11.4. The highest BCUT2D eigenvalue weighted by Gasteiger charge is 2.34. The van der Waals surface area contributed by atoms with Gasteiger partial charge in [0.15, 0.2) is 0 Å². The van der Waals surface area contributed by atoms with Gasteiger partial charge in [-0.15, -0.1) is 0 Å². The van der Waals surface area contributed by atoms with Crippen molar-refractivity contribution in [1.29, 1.82) is 0 Å². The molecule has 138 valence electrons. The van der Waals surface area contributed by atoms with Crippen LogP contribution in [-0.2, 0) is 0 Å². The Morgan fingerprint density at radius 2 is 1.83 bits per heavy atom. The van der Waals surface area contributed by atoms with Gasteiger partial charge in [-0.3, -0.25) is 4.90 Å². The lowest BCUT2D eigenvalue weighted by Gasteiger charge is -2.43. The number of rotatable bonds is 6. The highest BCUT2D eigenvalue weighted by atomic mass is 19.4. The summed E-state index contributed by atoms with van der Waals surface area (Å²) >= 11 is 0. The van der Waals surface area contributed by atoms with Crippen LogP contribution < -0.4 is 0 Å². The molecule has 24 heavy (non-hydrogen) atoms.